The Bertz CT molecular complexity index is 3210. The summed E-state index contributed by atoms with van der Waals surface area (Å²) in [7, 11) is 0. The lowest BCUT2D eigenvalue weighted by Crippen LogP contribution is -2.63. The summed E-state index contributed by atoms with van der Waals surface area (Å²) >= 11 is 0. The van der Waals surface area contributed by atoms with Crippen LogP contribution in [0.5, 0.6) is 0 Å². The maximum absolute atomic E-state index is 14.2. The van der Waals surface area contributed by atoms with Crippen molar-refractivity contribution in [2.45, 2.75) is 280 Å². The number of nitrogens with two attached hydrogens (primary N) is 3. The highest BCUT2D eigenvalue weighted by Gasteiger charge is 2.40. The third-order valence-electron chi connectivity index (χ3n) is 18.4. The molecule has 17 amide bonds. The van der Waals surface area contributed by atoms with E-state index >= 15 is 0 Å². The molecule has 18 atom stereocenters. The number of carbonyl (C=O) groups excluding carboxylic acids is 17. The van der Waals surface area contributed by atoms with Gasteiger partial charge in [0.15, 0.2) is 0 Å². The molecule has 0 spiro atoms. The number of aliphatic carboxylic acids is 1. The van der Waals surface area contributed by atoms with E-state index in [4.69, 9.17) is 17.2 Å². The van der Waals surface area contributed by atoms with Gasteiger partial charge in [-0.05, 0) is 114 Å². The Labute approximate surface area is 661 Å². The highest BCUT2D eigenvalue weighted by atomic mass is 16.4. The molecule has 0 fully saturated rings. The highest BCUT2D eigenvalue weighted by Crippen LogP contribution is 2.16. The zero-order valence-corrected chi connectivity index (χ0v) is 68.7. The summed E-state index contributed by atoms with van der Waals surface area (Å²) in [6, 6.07) is -18.6. The molecule has 0 unspecified atom stereocenters. The van der Waals surface area contributed by atoms with Gasteiger partial charge in [-0.15, -0.1) is 0 Å². The van der Waals surface area contributed by atoms with Gasteiger partial charge in [-0.2, -0.15) is 0 Å². The standard InChI is InChI=1S/C73H131N19O21/c1-19-38(12)56(69(108)81-42(16)62(101)78-33-54(99)87-55(37(10)11)68(107)80-41(15)61(100)77-31-52(97)84-48(28-36(8)9)66(105)90-58(73(112)113)40(14)21-3)89-72(111)60(44(18)94)91-67(106)49(29-50(76)95)86-71(110)59(43(17)93)92-70(109)57(39(13)20-2)88-65(104)47(27-35(6)7)83-53(98)32-79-63(102)46(26-34(4)5)85-64(103)45(24-22-23-25-74)82-51(96)30-75/h34-49,55-60,93-94H,19-33,74-75H2,1-18H3,(H2,76,95)(H,77,100)(H,78,101)(H,79,102)(H,80,107)(H,81,108)(H,82,96)(H,83,98)(H,84,97)(H,85,103)(H,86,110)(H,87,99)(H,88,104)(H,89,111)(H,90,105)(H,91,106)(H,92,109)(H,112,113)/t38-,39-,40-,41-,42-,43+,44+,45-,46-,47-,48-,49-,55-,56-,57-,58-,59-,60-/m0/s1. The number of unbranched alkanes of at least 4 members (excludes halogenated alkanes) is 1. The molecule has 113 heavy (non-hydrogen) atoms. The van der Waals surface area contributed by atoms with Gasteiger partial charge in [0.1, 0.15) is 78.5 Å². The van der Waals surface area contributed by atoms with E-state index in [1.165, 1.54) is 13.8 Å². The maximum Gasteiger partial charge on any atom is 0.326 e. The number of hydrogen-bond acceptors (Lipinski definition) is 22. The van der Waals surface area contributed by atoms with Gasteiger partial charge in [0.25, 0.3) is 0 Å². The largest absolute Gasteiger partial charge is 0.480 e. The van der Waals surface area contributed by atoms with Gasteiger partial charge in [-0.1, -0.05) is 116 Å². The molecule has 40 nitrogen and oxygen atoms in total. The molecule has 0 saturated heterocycles. The summed E-state index contributed by atoms with van der Waals surface area (Å²) in [4.78, 5) is 241. The van der Waals surface area contributed by atoms with Crippen LogP contribution in [-0.2, 0) is 86.3 Å². The number of primary amides is 1. The van der Waals surface area contributed by atoms with Crippen molar-refractivity contribution in [3.63, 3.8) is 0 Å². The number of carboxylic acid groups (broad SMARTS) is 1. The molecule has 25 N–H and O–H groups in total. The second-order valence-electron chi connectivity index (χ2n) is 30.3. The van der Waals surface area contributed by atoms with Crippen LogP contribution in [-0.4, -0.2) is 245 Å². The second-order valence-corrected chi connectivity index (χ2v) is 30.3. The lowest BCUT2D eigenvalue weighted by atomic mass is 9.96. The van der Waals surface area contributed by atoms with E-state index in [9.17, 15) is 102 Å². The number of aliphatic hydroxyl groups is 2. The fourth-order valence-electron chi connectivity index (χ4n) is 11.1. The molecule has 644 valence electrons. The normalized spacial score (nSPS) is 16.1. The van der Waals surface area contributed by atoms with Crippen LogP contribution in [0.1, 0.15) is 189 Å². The lowest BCUT2D eigenvalue weighted by Gasteiger charge is -2.30. The summed E-state index contributed by atoms with van der Waals surface area (Å²) in [5.41, 5.74) is 16.6. The van der Waals surface area contributed by atoms with Crippen LogP contribution in [0, 0.1) is 41.4 Å². The molecule has 0 aliphatic carbocycles. The molecule has 0 rings (SSSR count). The first-order valence-electron chi connectivity index (χ1n) is 38.6. The number of amides is 17. The number of hydrogen-bond donors (Lipinski definition) is 22. The number of carboxylic acids is 1. The lowest BCUT2D eigenvalue weighted by molar-refractivity contribution is -0.144. The Hall–Kier alpha value is -9.70. The van der Waals surface area contributed by atoms with Crippen LogP contribution < -0.4 is 102 Å². The number of nitrogens with one attached hydrogen (secondary N) is 16. The molecular weight excluding hydrogens is 1480 g/mol. The van der Waals surface area contributed by atoms with Gasteiger partial charge in [-0.25, -0.2) is 4.79 Å². The summed E-state index contributed by atoms with van der Waals surface area (Å²) < 4.78 is 0. The topological polar surface area (TPSA) is 638 Å². The molecule has 0 aliphatic rings. The van der Waals surface area contributed by atoms with Crippen molar-refractivity contribution in [2.24, 2.45) is 58.6 Å². The minimum Gasteiger partial charge on any atom is -0.480 e. The van der Waals surface area contributed by atoms with E-state index in [0.717, 1.165) is 13.8 Å². The first-order chi connectivity index (χ1) is 52.6. The van der Waals surface area contributed by atoms with E-state index in [1.807, 2.05) is 0 Å². The number of rotatable bonds is 54. The average molecular weight is 1610 g/mol. The SMILES string of the molecule is CC[C@H](C)[C@H](NC(=O)[C@H](CC(C)C)NC(=O)CNC(=O)[C@H](C)NC(=O)[C@@H](NC(=O)CNC(=O)[C@H](C)NC(=O)[C@@H](NC(=O)[C@@H](NC(=O)[C@H](CC(N)=O)NC(=O)[C@@H](NC(=O)[C@@H](NC(=O)[C@H](CC(C)C)NC(=O)CNC(=O)[C@H](CC(C)C)NC(=O)[C@H](CCCCN)NC(=O)CN)[C@@H](C)CC)[C@@H](C)O)[C@@H](C)O)[C@@H](C)CC)C(C)C)C(=O)O. The van der Waals surface area contributed by atoms with E-state index in [2.05, 4.69) is 85.1 Å². The van der Waals surface area contributed by atoms with E-state index in [-0.39, 0.29) is 62.8 Å². The molecule has 0 radical (unpaired) electrons. The van der Waals surface area contributed by atoms with Crippen LogP contribution in [0.3, 0.4) is 0 Å². The van der Waals surface area contributed by atoms with Crippen molar-refractivity contribution in [3.05, 3.63) is 0 Å². The van der Waals surface area contributed by atoms with Crippen molar-refractivity contribution >= 4 is 106 Å². The van der Waals surface area contributed by atoms with Crippen molar-refractivity contribution in [1.29, 1.82) is 0 Å². The molecule has 0 aromatic rings. The Balaban J connectivity index is 6.28. The van der Waals surface area contributed by atoms with Gasteiger partial charge in [0, 0.05) is 0 Å². The highest BCUT2D eigenvalue weighted by molar-refractivity contribution is 6.01. The first-order valence-corrected chi connectivity index (χ1v) is 38.6. The van der Waals surface area contributed by atoms with Gasteiger partial charge in [0.05, 0.1) is 44.8 Å². The zero-order valence-electron chi connectivity index (χ0n) is 68.7. The van der Waals surface area contributed by atoms with Gasteiger partial charge in [-0.3, -0.25) is 81.5 Å². The summed E-state index contributed by atoms with van der Waals surface area (Å²) in [6.45, 7) is 26.3. The fraction of sp³-hybridized carbons (Fsp3) is 0.753. The molecule has 0 saturated carbocycles. The molecule has 40 heteroatoms. The maximum atomic E-state index is 14.2. The van der Waals surface area contributed by atoms with Crippen LogP contribution in [0.25, 0.3) is 0 Å². The van der Waals surface area contributed by atoms with Crippen molar-refractivity contribution in [2.75, 3.05) is 32.7 Å². The monoisotopic (exact) mass is 1610 g/mol. The third-order valence-corrected chi connectivity index (χ3v) is 18.4. The van der Waals surface area contributed by atoms with E-state index < -0.39 is 247 Å². The van der Waals surface area contributed by atoms with Gasteiger partial charge in [0.2, 0.25) is 100 Å². The van der Waals surface area contributed by atoms with Crippen molar-refractivity contribution in [3.8, 4) is 0 Å². The predicted molar refractivity (Wildman–Crippen MR) is 414 cm³/mol. The minimum absolute atomic E-state index is 0.00961. The molecule has 0 bridgehead atoms. The number of carbonyl (C=O) groups is 18. The molecule has 0 aromatic carbocycles. The minimum atomic E-state index is -1.97. The molecule has 0 aromatic heterocycles. The van der Waals surface area contributed by atoms with E-state index in [1.54, 1.807) is 96.9 Å². The molecule has 0 aliphatic heterocycles. The van der Waals surface area contributed by atoms with Crippen LogP contribution in [0.4, 0.5) is 0 Å². The van der Waals surface area contributed by atoms with Crippen molar-refractivity contribution in [1.82, 2.24) is 85.1 Å². The van der Waals surface area contributed by atoms with Gasteiger partial charge < -0.3 is 118 Å². The predicted octanol–water partition coefficient (Wildman–Crippen LogP) is -5.58. The Kier molecular flexibility index (Phi) is 48.1. The Morgan fingerprint density at radius 3 is 1.01 bits per heavy atom. The average Bonchev–Trinajstić information content (AvgIpc) is 0.841. The number of aliphatic hydroxyl groups excluding tert-OH is 2. The first kappa shape index (κ1) is 103. The Morgan fingerprint density at radius 1 is 0.319 bits per heavy atom. The zero-order chi connectivity index (χ0) is 87.0. The van der Waals surface area contributed by atoms with Crippen LogP contribution in [0.15, 0.2) is 0 Å². The van der Waals surface area contributed by atoms with Crippen LogP contribution >= 0.6 is 0 Å². The third kappa shape index (κ3) is 39.1. The molecule has 0 heterocycles. The Morgan fingerprint density at radius 2 is 0.628 bits per heavy atom. The van der Waals surface area contributed by atoms with E-state index in [0.29, 0.717) is 25.8 Å². The van der Waals surface area contributed by atoms with Crippen molar-refractivity contribution < 1.29 is 102 Å². The summed E-state index contributed by atoms with van der Waals surface area (Å²) in [5.74, 6) is -19.8. The second kappa shape index (κ2) is 52.6. The van der Waals surface area contributed by atoms with Gasteiger partial charge >= 0.3 is 5.97 Å². The summed E-state index contributed by atoms with van der Waals surface area (Å²) in [5, 5.41) is 70.7. The smallest absolute Gasteiger partial charge is 0.326 e. The molecular formula is C73H131N19O21. The van der Waals surface area contributed by atoms with Crippen LogP contribution in [0.2, 0.25) is 0 Å². The quantitative estimate of drug-likeness (QED) is 0.0253. The summed E-state index contributed by atoms with van der Waals surface area (Å²) in [6.07, 6.45) is -2.05. The fourth-order valence-corrected chi connectivity index (χ4v) is 11.1.